The Hall–Kier alpha value is -0.120. The molecule has 2 rings (SSSR count). The molecule has 12 heavy (non-hydrogen) atoms. The van der Waals surface area contributed by atoms with Gasteiger partial charge in [0.1, 0.15) is 0 Å². The first-order valence-corrected chi connectivity index (χ1v) is 4.85. The van der Waals surface area contributed by atoms with Gasteiger partial charge in [0, 0.05) is 32.8 Å². The third-order valence-electron chi connectivity index (χ3n) is 3.05. The van der Waals surface area contributed by atoms with Gasteiger partial charge in [-0.25, -0.2) is 0 Å². The van der Waals surface area contributed by atoms with E-state index < -0.39 is 0 Å². The molecule has 1 N–H and O–H groups in total. The monoisotopic (exact) mass is 170 g/mol. The van der Waals surface area contributed by atoms with Crippen LogP contribution in [-0.4, -0.2) is 50.8 Å². The Morgan fingerprint density at radius 3 is 3.17 bits per heavy atom. The summed E-state index contributed by atoms with van der Waals surface area (Å²) >= 11 is 0. The molecule has 2 saturated heterocycles. The Morgan fingerprint density at radius 2 is 2.42 bits per heavy atom. The van der Waals surface area contributed by atoms with Crippen LogP contribution < -0.4 is 5.32 Å². The standard InChI is InChI=1S/C9H18N2O/c1-12-5-4-11-6-8-2-3-10-9(8)7-11/h8-10H,2-7H2,1H3/t8?,9-/m1/s1. The van der Waals surface area contributed by atoms with Crippen LogP contribution >= 0.6 is 0 Å². The SMILES string of the molecule is COCCN1CC2CCN[C@@H]2C1. The first kappa shape index (κ1) is 8.48. The Balaban J connectivity index is 1.75. The van der Waals surface area contributed by atoms with Crippen LogP contribution in [0.15, 0.2) is 0 Å². The predicted octanol–water partition coefficient (Wildman–Crippen LogP) is -0.0735. The van der Waals surface area contributed by atoms with Crippen molar-refractivity contribution in [3.63, 3.8) is 0 Å². The zero-order valence-corrected chi connectivity index (χ0v) is 7.75. The molecule has 2 atom stereocenters. The van der Waals surface area contributed by atoms with Crippen molar-refractivity contribution in [2.24, 2.45) is 5.92 Å². The number of hydrogen-bond donors (Lipinski definition) is 1. The third-order valence-corrected chi connectivity index (χ3v) is 3.05. The van der Waals surface area contributed by atoms with Crippen LogP contribution in [0.5, 0.6) is 0 Å². The van der Waals surface area contributed by atoms with Gasteiger partial charge in [0.05, 0.1) is 6.61 Å². The highest BCUT2D eigenvalue weighted by Gasteiger charge is 2.35. The molecule has 0 aliphatic carbocycles. The van der Waals surface area contributed by atoms with Gasteiger partial charge < -0.3 is 10.1 Å². The largest absolute Gasteiger partial charge is 0.383 e. The van der Waals surface area contributed by atoms with Gasteiger partial charge >= 0.3 is 0 Å². The lowest BCUT2D eigenvalue weighted by molar-refractivity contribution is 0.157. The molecule has 2 aliphatic rings. The Bertz CT molecular complexity index is 139. The second kappa shape index (κ2) is 3.73. The first-order valence-electron chi connectivity index (χ1n) is 4.85. The van der Waals surface area contributed by atoms with Crippen molar-refractivity contribution in [3.05, 3.63) is 0 Å². The third kappa shape index (κ3) is 1.63. The van der Waals surface area contributed by atoms with Crippen LogP contribution in [0.1, 0.15) is 6.42 Å². The van der Waals surface area contributed by atoms with Gasteiger partial charge in [-0.05, 0) is 18.9 Å². The van der Waals surface area contributed by atoms with E-state index in [0.29, 0.717) is 0 Å². The van der Waals surface area contributed by atoms with Crippen LogP contribution in [0.4, 0.5) is 0 Å². The van der Waals surface area contributed by atoms with Gasteiger partial charge in [0.25, 0.3) is 0 Å². The Morgan fingerprint density at radius 1 is 1.50 bits per heavy atom. The lowest BCUT2D eigenvalue weighted by Gasteiger charge is -2.15. The van der Waals surface area contributed by atoms with E-state index in [2.05, 4.69) is 10.2 Å². The van der Waals surface area contributed by atoms with E-state index in [1.165, 1.54) is 26.1 Å². The number of nitrogens with one attached hydrogen (secondary N) is 1. The van der Waals surface area contributed by atoms with Crippen molar-refractivity contribution in [1.29, 1.82) is 0 Å². The summed E-state index contributed by atoms with van der Waals surface area (Å²) in [4.78, 5) is 2.50. The number of ether oxygens (including phenoxy) is 1. The summed E-state index contributed by atoms with van der Waals surface area (Å²) in [7, 11) is 1.77. The number of hydrogen-bond acceptors (Lipinski definition) is 3. The first-order chi connectivity index (χ1) is 5.90. The predicted molar refractivity (Wildman–Crippen MR) is 48.2 cm³/mol. The molecule has 3 heteroatoms. The number of likely N-dealkylation sites (tertiary alicyclic amines) is 1. The van der Waals surface area contributed by atoms with E-state index in [0.717, 1.165) is 25.1 Å². The molecule has 0 amide bonds. The molecule has 0 spiro atoms. The Labute approximate surface area is 74.1 Å². The molecule has 3 nitrogen and oxygen atoms in total. The molecule has 70 valence electrons. The number of methoxy groups -OCH3 is 1. The normalized spacial score (nSPS) is 35.8. The lowest BCUT2D eigenvalue weighted by atomic mass is 10.1. The summed E-state index contributed by atoms with van der Waals surface area (Å²) in [5.41, 5.74) is 0. The lowest BCUT2D eigenvalue weighted by Crippen LogP contribution is -2.31. The molecule has 0 saturated carbocycles. The molecule has 0 bridgehead atoms. The average Bonchev–Trinajstić information content (AvgIpc) is 2.58. The summed E-state index contributed by atoms with van der Waals surface area (Å²) in [6.07, 6.45) is 1.37. The molecule has 0 aromatic heterocycles. The van der Waals surface area contributed by atoms with Crippen molar-refractivity contribution in [1.82, 2.24) is 10.2 Å². The van der Waals surface area contributed by atoms with Crippen molar-refractivity contribution in [2.75, 3.05) is 39.9 Å². The van der Waals surface area contributed by atoms with E-state index in [4.69, 9.17) is 4.74 Å². The van der Waals surface area contributed by atoms with Gasteiger partial charge in [-0.2, -0.15) is 0 Å². The van der Waals surface area contributed by atoms with E-state index in [-0.39, 0.29) is 0 Å². The van der Waals surface area contributed by atoms with Crippen molar-refractivity contribution in [2.45, 2.75) is 12.5 Å². The van der Waals surface area contributed by atoms with E-state index in [9.17, 15) is 0 Å². The van der Waals surface area contributed by atoms with Gasteiger partial charge in [0.2, 0.25) is 0 Å². The molecule has 0 radical (unpaired) electrons. The van der Waals surface area contributed by atoms with Gasteiger partial charge in [-0.15, -0.1) is 0 Å². The van der Waals surface area contributed by atoms with Crippen LogP contribution in [0, 0.1) is 5.92 Å². The highest BCUT2D eigenvalue weighted by molar-refractivity contribution is 4.93. The molecular weight excluding hydrogens is 152 g/mol. The molecule has 0 aromatic rings. The molecule has 2 aliphatic heterocycles. The fourth-order valence-electron chi connectivity index (χ4n) is 2.34. The fraction of sp³-hybridized carbons (Fsp3) is 1.00. The molecule has 2 heterocycles. The fourth-order valence-corrected chi connectivity index (χ4v) is 2.34. The minimum atomic E-state index is 0.779. The molecule has 2 fully saturated rings. The van der Waals surface area contributed by atoms with E-state index in [1.54, 1.807) is 7.11 Å². The maximum Gasteiger partial charge on any atom is 0.0589 e. The van der Waals surface area contributed by atoms with E-state index >= 15 is 0 Å². The summed E-state index contributed by atoms with van der Waals surface area (Å²) in [5, 5.41) is 3.54. The van der Waals surface area contributed by atoms with E-state index in [1.807, 2.05) is 0 Å². The van der Waals surface area contributed by atoms with Crippen LogP contribution in [0.3, 0.4) is 0 Å². The highest BCUT2D eigenvalue weighted by Crippen LogP contribution is 2.23. The maximum atomic E-state index is 5.06. The van der Waals surface area contributed by atoms with Gasteiger partial charge in [-0.3, -0.25) is 4.90 Å². The zero-order valence-electron chi connectivity index (χ0n) is 7.75. The summed E-state index contributed by atoms with van der Waals surface area (Å²) in [6, 6.07) is 0.779. The smallest absolute Gasteiger partial charge is 0.0589 e. The van der Waals surface area contributed by atoms with Crippen LogP contribution in [-0.2, 0) is 4.74 Å². The quantitative estimate of drug-likeness (QED) is 0.641. The topological polar surface area (TPSA) is 24.5 Å². The maximum absolute atomic E-state index is 5.06. The number of rotatable bonds is 3. The Kier molecular flexibility index (Phi) is 2.63. The molecular formula is C9H18N2O. The number of nitrogens with zero attached hydrogens (tertiary/aromatic N) is 1. The van der Waals surface area contributed by atoms with Gasteiger partial charge in [-0.1, -0.05) is 0 Å². The van der Waals surface area contributed by atoms with Crippen LogP contribution in [0.25, 0.3) is 0 Å². The summed E-state index contributed by atoms with van der Waals surface area (Å²) in [6.45, 7) is 5.72. The highest BCUT2D eigenvalue weighted by atomic mass is 16.5. The molecule has 1 unspecified atom stereocenters. The summed E-state index contributed by atoms with van der Waals surface area (Å²) in [5.74, 6) is 0.918. The minimum Gasteiger partial charge on any atom is -0.383 e. The van der Waals surface area contributed by atoms with Gasteiger partial charge in [0.15, 0.2) is 0 Å². The van der Waals surface area contributed by atoms with Crippen molar-refractivity contribution >= 4 is 0 Å². The molecule has 0 aromatic carbocycles. The number of fused-ring (bicyclic) bond motifs is 1. The van der Waals surface area contributed by atoms with Crippen molar-refractivity contribution < 1.29 is 4.74 Å². The van der Waals surface area contributed by atoms with Crippen molar-refractivity contribution in [3.8, 4) is 0 Å². The average molecular weight is 170 g/mol. The minimum absolute atomic E-state index is 0.779. The summed E-state index contributed by atoms with van der Waals surface area (Å²) < 4.78 is 5.06. The second-order valence-corrected chi connectivity index (χ2v) is 3.86. The zero-order chi connectivity index (χ0) is 8.39. The second-order valence-electron chi connectivity index (χ2n) is 3.86. The van der Waals surface area contributed by atoms with Crippen LogP contribution in [0.2, 0.25) is 0 Å².